The first kappa shape index (κ1) is 21.1. The van der Waals surface area contributed by atoms with Crippen LogP contribution in [0.2, 0.25) is 0 Å². The Kier molecular flexibility index (Phi) is 6.86. The Balaban J connectivity index is 1.97. The van der Waals surface area contributed by atoms with E-state index < -0.39 is 0 Å². The fourth-order valence-corrected chi connectivity index (χ4v) is 3.26. The van der Waals surface area contributed by atoms with E-state index in [4.69, 9.17) is 0 Å². The molecule has 0 saturated heterocycles. The quantitative estimate of drug-likeness (QED) is 0.340. The van der Waals surface area contributed by atoms with E-state index in [9.17, 15) is 0 Å². The number of aromatic nitrogens is 3. The van der Waals surface area contributed by atoms with Gasteiger partial charge in [-0.25, -0.2) is 9.97 Å². The Bertz CT molecular complexity index is 1130. The number of hydrogen-bond acceptors (Lipinski definition) is 4. The zero-order valence-corrected chi connectivity index (χ0v) is 18.1. The lowest BCUT2D eigenvalue weighted by Gasteiger charge is -2.10. The van der Waals surface area contributed by atoms with E-state index in [0.29, 0.717) is 5.82 Å². The van der Waals surface area contributed by atoms with E-state index in [-0.39, 0.29) is 0 Å². The lowest BCUT2D eigenvalue weighted by atomic mass is 10.0. The number of hydrogen-bond donors (Lipinski definition) is 2. The minimum absolute atomic E-state index is 0.716. The van der Waals surface area contributed by atoms with Crippen LogP contribution in [0.3, 0.4) is 0 Å². The van der Waals surface area contributed by atoms with Gasteiger partial charge in [-0.05, 0) is 62.6 Å². The fourth-order valence-electron chi connectivity index (χ4n) is 3.26. The Morgan fingerprint density at radius 1 is 1.20 bits per heavy atom. The van der Waals surface area contributed by atoms with Crippen LogP contribution in [0.4, 0.5) is 17.2 Å². The van der Waals surface area contributed by atoms with Gasteiger partial charge in [0, 0.05) is 30.8 Å². The van der Waals surface area contributed by atoms with Gasteiger partial charge in [-0.3, -0.25) is 4.40 Å². The summed E-state index contributed by atoms with van der Waals surface area (Å²) in [4.78, 5) is 9.14. The average Bonchev–Trinajstić information content (AvgIpc) is 3.21. The van der Waals surface area contributed by atoms with Crippen LogP contribution in [0.1, 0.15) is 32.9 Å². The van der Waals surface area contributed by atoms with Gasteiger partial charge in [-0.2, -0.15) is 0 Å². The normalized spacial score (nSPS) is 12.9. The van der Waals surface area contributed by atoms with Crippen LogP contribution in [0, 0.1) is 0 Å². The van der Waals surface area contributed by atoms with E-state index in [0.717, 1.165) is 40.3 Å². The molecule has 0 aliphatic rings. The second kappa shape index (κ2) is 9.74. The van der Waals surface area contributed by atoms with E-state index in [2.05, 4.69) is 63.7 Å². The molecule has 3 rings (SSSR count). The highest BCUT2D eigenvalue weighted by Crippen LogP contribution is 2.25. The van der Waals surface area contributed by atoms with Gasteiger partial charge in [0.25, 0.3) is 0 Å². The van der Waals surface area contributed by atoms with Crippen molar-refractivity contribution in [3.8, 4) is 0 Å². The van der Waals surface area contributed by atoms with Gasteiger partial charge in [0.2, 0.25) is 0 Å². The zero-order chi connectivity index (χ0) is 21.5. The monoisotopic (exact) mass is 399 g/mol. The highest BCUT2D eigenvalue weighted by atomic mass is 15.1. The summed E-state index contributed by atoms with van der Waals surface area (Å²) in [5.74, 6) is 0.716. The van der Waals surface area contributed by atoms with Crippen molar-refractivity contribution in [3.05, 3.63) is 90.6 Å². The second-order valence-electron chi connectivity index (χ2n) is 7.11. The Hall–Kier alpha value is -3.60. The molecule has 0 aliphatic heterocycles. The summed E-state index contributed by atoms with van der Waals surface area (Å²) in [6, 6.07) is 8.06. The van der Waals surface area contributed by atoms with Crippen LogP contribution in [-0.4, -0.2) is 21.4 Å². The van der Waals surface area contributed by atoms with Crippen molar-refractivity contribution in [2.45, 2.75) is 27.2 Å². The third-order valence-electron chi connectivity index (χ3n) is 4.99. The largest absolute Gasteiger partial charge is 0.388 e. The minimum Gasteiger partial charge on any atom is -0.388 e. The van der Waals surface area contributed by atoms with Gasteiger partial charge < -0.3 is 10.6 Å². The Morgan fingerprint density at radius 3 is 2.73 bits per heavy atom. The number of anilines is 3. The molecule has 0 saturated carbocycles. The number of fused-ring (bicyclic) bond motifs is 1. The molecule has 0 radical (unpaired) electrons. The first-order valence-corrected chi connectivity index (χ1v) is 10.1. The molecule has 0 aliphatic carbocycles. The summed E-state index contributed by atoms with van der Waals surface area (Å²) in [5, 5.41) is 6.53. The van der Waals surface area contributed by atoms with Gasteiger partial charge in [0.1, 0.15) is 0 Å². The molecule has 2 aromatic heterocycles. The molecule has 0 amide bonds. The third kappa shape index (κ3) is 4.69. The summed E-state index contributed by atoms with van der Waals surface area (Å²) in [7, 11) is 1.90. The van der Waals surface area contributed by atoms with Crippen molar-refractivity contribution < 1.29 is 0 Å². The molecule has 0 atom stereocenters. The van der Waals surface area contributed by atoms with Crippen LogP contribution in [0.25, 0.3) is 11.2 Å². The first-order chi connectivity index (χ1) is 14.6. The average molecular weight is 400 g/mol. The van der Waals surface area contributed by atoms with Crippen LogP contribution in [-0.2, 0) is 0 Å². The highest BCUT2D eigenvalue weighted by molar-refractivity contribution is 5.75. The van der Waals surface area contributed by atoms with Gasteiger partial charge in [0.05, 0.1) is 11.9 Å². The molecule has 0 unspecified atom stereocenters. The molecule has 0 spiro atoms. The van der Waals surface area contributed by atoms with E-state index in [1.54, 1.807) is 6.20 Å². The third-order valence-corrected chi connectivity index (χ3v) is 4.99. The summed E-state index contributed by atoms with van der Waals surface area (Å²) >= 11 is 0. The van der Waals surface area contributed by atoms with Gasteiger partial charge in [0.15, 0.2) is 11.5 Å². The lowest BCUT2D eigenvalue weighted by Crippen LogP contribution is -2.00. The molecule has 3 aromatic rings. The number of allylic oxidation sites excluding steroid dienone is 7. The molecule has 2 heterocycles. The van der Waals surface area contributed by atoms with Crippen LogP contribution >= 0.6 is 0 Å². The molecule has 154 valence electrons. The molecular formula is C25H29N5. The maximum absolute atomic E-state index is 4.63. The number of nitrogens with one attached hydrogen (secondary N) is 2. The predicted octanol–water partition coefficient (Wildman–Crippen LogP) is 6.39. The van der Waals surface area contributed by atoms with Crippen LogP contribution in [0.5, 0.6) is 0 Å². The maximum Gasteiger partial charge on any atom is 0.180 e. The molecule has 0 bridgehead atoms. The molecule has 5 nitrogen and oxygen atoms in total. The standard InChI is InChI=1S/C25H29N5/c1-6-8-10-18(3)20(7-2)15-19(4)23-17-28-25-24(27-13-14-30(23)25)29-22-12-9-11-21(16-22)26-5/h6-9,11-17,26H,2,10H2,1,3-5H3,(H,27,29)/b8-6-,19-15+,20-18+. The minimum atomic E-state index is 0.716. The van der Waals surface area contributed by atoms with Crippen molar-refractivity contribution in [2.24, 2.45) is 0 Å². The van der Waals surface area contributed by atoms with Crippen molar-refractivity contribution in [2.75, 3.05) is 17.7 Å². The van der Waals surface area contributed by atoms with Gasteiger partial charge in [-0.15, -0.1) is 0 Å². The van der Waals surface area contributed by atoms with E-state index >= 15 is 0 Å². The molecular weight excluding hydrogens is 370 g/mol. The zero-order valence-electron chi connectivity index (χ0n) is 18.1. The maximum atomic E-state index is 4.63. The van der Waals surface area contributed by atoms with Gasteiger partial charge >= 0.3 is 0 Å². The Labute approximate surface area is 178 Å². The topological polar surface area (TPSA) is 54.2 Å². The fraction of sp³-hybridized carbons (Fsp3) is 0.200. The Morgan fingerprint density at radius 2 is 2.00 bits per heavy atom. The smallest absolute Gasteiger partial charge is 0.180 e. The van der Waals surface area contributed by atoms with Crippen molar-refractivity contribution in [1.29, 1.82) is 0 Å². The summed E-state index contributed by atoms with van der Waals surface area (Å²) in [6.45, 7) is 10.3. The molecule has 1 aromatic carbocycles. The summed E-state index contributed by atoms with van der Waals surface area (Å²) in [6.07, 6.45) is 14.8. The summed E-state index contributed by atoms with van der Waals surface area (Å²) in [5.41, 5.74) is 7.33. The molecule has 2 N–H and O–H groups in total. The van der Waals surface area contributed by atoms with E-state index in [1.165, 1.54) is 5.57 Å². The van der Waals surface area contributed by atoms with Gasteiger partial charge in [-0.1, -0.05) is 36.4 Å². The molecule has 0 fully saturated rings. The lowest BCUT2D eigenvalue weighted by molar-refractivity contribution is 1.11. The summed E-state index contributed by atoms with van der Waals surface area (Å²) < 4.78 is 2.06. The first-order valence-electron chi connectivity index (χ1n) is 10.1. The number of nitrogens with zero attached hydrogens (tertiary/aromatic N) is 3. The van der Waals surface area contributed by atoms with Crippen LogP contribution < -0.4 is 10.6 Å². The van der Waals surface area contributed by atoms with Crippen molar-refractivity contribution in [3.63, 3.8) is 0 Å². The SMILES string of the molecule is C=CC(/C=C(\C)c1cnc2c(Nc3cccc(NC)c3)nccn12)=C(/C)C/C=C\C. The van der Waals surface area contributed by atoms with Crippen molar-refractivity contribution >= 4 is 28.4 Å². The number of rotatable bonds is 8. The second-order valence-corrected chi connectivity index (χ2v) is 7.11. The molecule has 30 heavy (non-hydrogen) atoms. The molecule has 5 heteroatoms. The van der Waals surface area contributed by atoms with Crippen LogP contribution in [0.15, 0.2) is 84.9 Å². The van der Waals surface area contributed by atoms with E-state index in [1.807, 2.05) is 56.7 Å². The number of benzene rings is 1. The number of imidazole rings is 1. The predicted molar refractivity (Wildman–Crippen MR) is 128 cm³/mol. The van der Waals surface area contributed by atoms with Crippen molar-refractivity contribution in [1.82, 2.24) is 14.4 Å². The highest BCUT2D eigenvalue weighted by Gasteiger charge is 2.11.